The number of hydrogen-bond acceptors (Lipinski definition) is 3. The van der Waals surface area contributed by atoms with E-state index in [9.17, 15) is 4.79 Å². The summed E-state index contributed by atoms with van der Waals surface area (Å²) in [4.78, 5) is 11.7. The number of carbonyl (C=O) groups excluding carboxylic acids is 1. The van der Waals surface area contributed by atoms with Gasteiger partial charge in [-0.1, -0.05) is 13.8 Å². The Balaban J connectivity index is 2.30. The number of nitrogens with one attached hydrogen (secondary N) is 1. The second kappa shape index (κ2) is 5.47. The van der Waals surface area contributed by atoms with Gasteiger partial charge in [0.05, 0.1) is 12.0 Å². The molecule has 0 heterocycles. The molecule has 1 fully saturated rings. The molecule has 0 aromatic heterocycles. The van der Waals surface area contributed by atoms with Gasteiger partial charge in [-0.2, -0.15) is 0 Å². The van der Waals surface area contributed by atoms with Crippen LogP contribution >= 0.6 is 0 Å². The summed E-state index contributed by atoms with van der Waals surface area (Å²) in [5.74, 6) is 0.446. The third-order valence-electron chi connectivity index (χ3n) is 2.87. The van der Waals surface area contributed by atoms with Crippen LogP contribution in [0.2, 0.25) is 0 Å². The Morgan fingerprint density at radius 2 is 2.13 bits per heavy atom. The van der Waals surface area contributed by atoms with Crippen molar-refractivity contribution in [3.63, 3.8) is 0 Å². The maximum Gasteiger partial charge on any atom is 0.224 e. The first kappa shape index (κ1) is 12.5. The molecule has 0 aromatic carbocycles. The van der Waals surface area contributed by atoms with Gasteiger partial charge < -0.3 is 16.2 Å². The van der Waals surface area contributed by atoms with E-state index < -0.39 is 0 Å². The van der Waals surface area contributed by atoms with Crippen molar-refractivity contribution in [1.82, 2.24) is 5.32 Å². The Labute approximate surface area is 91.2 Å². The SMILES string of the molecule is CC(C)CC(CN)C(=O)NC1CC(O)C1. The lowest BCUT2D eigenvalue weighted by Crippen LogP contribution is -2.49. The fraction of sp³-hybridized carbons (Fsp3) is 0.909. The summed E-state index contributed by atoms with van der Waals surface area (Å²) in [6.07, 6.45) is 1.98. The molecule has 1 saturated carbocycles. The summed E-state index contributed by atoms with van der Waals surface area (Å²) >= 11 is 0. The molecule has 0 aromatic rings. The maximum atomic E-state index is 11.7. The topological polar surface area (TPSA) is 75.4 Å². The second-order valence-electron chi connectivity index (χ2n) is 4.89. The molecule has 4 N–H and O–H groups in total. The van der Waals surface area contributed by atoms with E-state index in [0.717, 1.165) is 6.42 Å². The lowest BCUT2D eigenvalue weighted by Gasteiger charge is -2.33. The predicted molar refractivity (Wildman–Crippen MR) is 59.2 cm³/mol. The third-order valence-corrected chi connectivity index (χ3v) is 2.87. The Hall–Kier alpha value is -0.610. The van der Waals surface area contributed by atoms with Gasteiger partial charge in [0.2, 0.25) is 5.91 Å². The average molecular weight is 214 g/mol. The average Bonchev–Trinajstić information content (AvgIpc) is 2.11. The van der Waals surface area contributed by atoms with Crippen LogP contribution in [0.3, 0.4) is 0 Å². The number of rotatable bonds is 5. The van der Waals surface area contributed by atoms with E-state index in [1.54, 1.807) is 0 Å². The van der Waals surface area contributed by atoms with E-state index in [4.69, 9.17) is 10.8 Å². The Morgan fingerprint density at radius 3 is 2.53 bits per heavy atom. The van der Waals surface area contributed by atoms with E-state index in [2.05, 4.69) is 19.2 Å². The number of aliphatic hydroxyl groups is 1. The van der Waals surface area contributed by atoms with Crippen molar-refractivity contribution in [2.24, 2.45) is 17.6 Å². The van der Waals surface area contributed by atoms with Crippen molar-refractivity contribution >= 4 is 5.91 Å². The van der Waals surface area contributed by atoms with Gasteiger partial charge >= 0.3 is 0 Å². The van der Waals surface area contributed by atoms with Crippen LogP contribution in [-0.2, 0) is 4.79 Å². The molecule has 1 rings (SSSR count). The van der Waals surface area contributed by atoms with Crippen molar-refractivity contribution in [2.45, 2.75) is 45.3 Å². The Morgan fingerprint density at radius 1 is 1.53 bits per heavy atom. The first-order chi connectivity index (χ1) is 7.02. The van der Waals surface area contributed by atoms with Gasteiger partial charge in [-0.05, 0) is 25.2 Å². The molecule has 0 aliphatic heterocycles. The van der Waals surface area contributed by atoms with Gasteiger partial charge in [0.25, 0.3) is 0 Å². The van der Waals surface area contributed by atoms with Gasteiger partial charge in [0.1, 0.15) is 0 Å². The van der Waals surface area contributed by atoms with E-state index in [1.165, 1.54) is 0 Å². The van der Waals surface area contributed by atoms with Gasteiger partial charge in [0, 0.05) is 12.6 Å². The zero-order chi connectivity index (χ0) is 11.4. The standard InChI is InChI=1S/C11H22N2O2/c1-7(2)3-8(6-12)11(15)13-9-4-10(14)5-9/h7-10,14H,3-6,12H2,1-2H3,(H,13,15). The van der Waals surface area contributed by atoms with Crippen LogP contribution in [0.4, 0.5) is 0 Å². The molecule has 88 valence electrons. The molecule has 15 heavy (non-hydrogen) atoms. The molecule has 4 heteroatoms. The van der Waals surface area contributed by atoms with Crippen molar-refractivity contribution in [3.8, 4) is 0 Å². The van der Waals surface area contributed by atoms with Crippen molar-refractivity contribution in [1.29, 1.82) is 0 Å². The third kappa shape index (κ3) is 3.80. The molecule has 1 aliphatic carbocycles. The molecule has 0 bridgehead atoms. The number of hydrogen-bond donors (Lipinski definition) is 3. The Kier molecular flexibility index (Phi) is 4.54. The second-order valence-corrected chi connectivity index (χ2v) is 4.89. The van der Waals surface area contributed by atoms with Crippen LogP contribution in [0.25, 0.3) is 0 Å². The molecule has 1 atom stereocenters. The fourth-order valence-corrected chi connectivity index (χ4v) is 1.90. The van der Waals surface area contributed by atoms with E-state index >= 15 is 0 Å². The maximum absolute atomic E-state index is 11.7. The number of amides is 1. The summed E-state index contributed by atoms with van der Waals surface area (Å²) in [6.45, 7) is 4.57. The van der Waals surface area contributed by atoms with Gasteiger partial charge in [-0.15, -0.1) is 0 Å². The summed E-state index contributed by atoms with van der Waals surface area (Å²) in [6, 6.07) is 0.161. The summed E-state index contributed by atoms with van der Waals surface area (Å²) in [5, 5.41) is 12.0. The van der Waals surface area contributed by atoms with E-state index in [-0.39, 0.29) is 24.0 Å². The first-order valence-electron chi connectivity index (χ1n) is 5.71. The Bertz CT molecular complexity index is 213. The van der Waals surface area contributed by atoms with Crippen LogP contribution in [0.1, 0.15) is 33.1 Å². The van der Waals surface area contributed by atoms with E-state index in [0.29, 0.717) is 25.3 Å². The smallest absolute Gasteiger partial charge is 0.224 e. The molecule has 4 nitrogen and oxygen atoms in total. The van der Waals surface area contributed by atoms with Crippen LogP contribution in [-0.4, -0.2) is 29.7 Å². The van der Waals surface area contributed by atoms with Crippen molar-refractivity contribution in [3.05, 3.63) is 0 Å². The molecule has 0 saturated heterocycles. The highest BCUT2D eigenvalue weighted by Crippen LogP contribution is 2.20. The fourth-order valence-electron chi connectivity index (χ4n) is 1.90. The number of carbonyl (C=O) groups is 1. The van der Waals surface area contributed by atoms with Gasteiger partial charge in [-0.25, -0.2) is 0 Å². The molecular formula is C11H22N2O2. The molecule has 0 radical (unpaired) electrons. The lowest BCUT2D eigenvalue weighted by molar-refractivity contribution is -0.127. The normalized spacial score (nSPS) is 27.3. The molecular weight excluding hydrogens is 192 g/mol. The highest BCUT2D eigenvalue weighted by atomic mass is 16.3. The summed E-state index contributed by atoms with van der Waals surface area (Å²) < 4.78 is 0. The minimum absolute atomic E-state index is 0.0445. The van der Waals surface area contributed by atoms with Crippen molar-refractivity contribution < 1.29 is 9.90 Å². The largest absolute Gasteiger partial charge is 0.393 e. The lowest BCUT2D eigenvalue weighted by atomic mass is 9.88. The van der Waals surface area contributed by atoms with Gasteiger partial charge in [0.15, 0.2) is 0 Å². The highest BCUT2D eigenvalue weighted by Gasteiger charge is 2.30. The van der Waals surface area contributed by atoms with E-state index in [1.807, 2.05) is 0 Å². The van der Waals surface area contributed by atoms with Crippen LogP contribution < -0.4 is 11.1 Å². The minimum Gasteiger partial charge on any atom is -0.393 e. The highest BCUT2D eigenvalue weighted by molar-refractivity contribution is 5.79. The minimum atomic E-state index is -0.225. The first-order valence-corrected chi connectivity index (χ1v) is 5.71. The van der Waals surface area contributed by atoms with Crippen LogP contribution in [0.5, 0.6) is 0 Å². The predicted octanol–water partition coefficient (Wildman–Crippen LogP) is 0.247. The molecule has 0 spiro atoms. The van der Waals surface area contributed by atoms with Crippen LogP contribution in [0.15, 0.2) is 0 Å². The zero-order valence-electron chi connectivity index (χ0n) is 9.57. The zero-order valence-corrected chi connectivity index (χ0v) is 9.57. The quantitative estimate of drug-likeness (QED) is 0.614. The monoisotopic (exact) mass is 214 g/mol. The summed E-state index contributed by atoms with van der Waals surface area (Å²) in [7, 11) is 0. The summed E-state index contributed by atoms with van der Waals surface area (Å²) in [5.41, 5.74) is 5.57. The molecule has 1 aliphatic rings. The number of aliphatic hydroxyl groups excluding tert-OH is 1. The van der Waals surface area contributed by atoms with Crippen LogP contribution in [0, 0.1) is 11.8 Å². The molecule has 1 unspecified atom stereocenters. The number of nitrogens with two attached hydrogens (primary N) is 1. The molecule has 1 amide bonds. The van der Waals surface area contributed by atoms with Gasteiger partial charge in [-0.3, -0.25) is 4.79 Å². The van der Waals surface area contributed by atoms with Crippen molar-refractivity contribution in [2.75, 3.05) is 6.54 Å².